The second-order valence-electron chi connectivity index (χ2n) is 7.39. The Morgan fingerprint density at radius 3 is 2.19 bits per heavy atom. The number of imide groups is 1. The Morgan fingerprint density at radius 2 is 1.59 bits per heavy atom. The second kappa shape index (κ2) is 10.2. The third-order valence-corrected chi connectivity index (χ3v) is 4.87. The van der Waals surface area contributed by atoms with E-state index in [1.807, 2.05) is 13.8 Å². The highest BCUT2D eigenvalue weighted by Gasteiger charge is 2.39. The molecule has 170 valence electrons. The van der Waals surface area contributed by atoms with E-state index >= 15 is 0 Å². The van der Waals surface area contributed by atoms with Crippen LogP contribution in [-0.2, 0) is 14.3 Å². The molecule has 2 amide bonds. The molecule has 8 heteroatoms. The number of methoxy groups -OCH3 is 3. The highest BCUT2D eigenvalue weighted by molar-refractivity contribution is 6.36. The van der Waals surface area contributed by atoms with Crippen molar-refractivity contribution >= 4 is 23.1 Å². The SMILES string of the molecule is COCCN1C(=O)C(Nc2cc(OC)ccc2OC)=C(c2ccc(OC(C)C)cc2)C1=O. The van der Waals surface area contributed by atoms with Gasteiger partial charge in [-0.2, -0.15) is 0 Å². The van der Waals surface area contributed by atoms with Crippen molar-refractivity contribution in [2.45, 2.75) is 20.0 Å². The minimum Gasteiger partial charge on any atom is -0.497 e. The Balaban J connectivity index is 2.05. The average molecular weight is 440 g/mol. The maximum absolute atomic E-state index is 13.2. The van der Waals surface area contributed by atoms with Gasteiger partial charge in [0.25, 0.3) is 11.8 Å². The number of hydrogen-bond acceptors (Lipinski definition) is 7. The van der Waals surface area contributed by atoms with Crippen LogP contribution in [-0.4, -0.2) is 57.3 Å². The summed E-state index contributed by atoms with van der Waals surface area (Å²) in [5.74, 6) is 0.942. The number of amides is 2. The van der Waals surface area contributed by atoms with Crippen LogP contribution in [0.3, 0.4) is 0 Å². The van der Waals surface area contributed by atoms with Gasteiger partial charge in [0.05, 0.1) is 44.7 Å². The van der Waals surface area contributed by atoms with Crippen molar-refractivity contribution in [3.05, 3.63) is 53.7 Å². The Kier molecular flexibility index (Phi) is 7.37. The second-order valence-corrected chi connectivity index (χ2v) is 7.39. The lowest BCUT2D eigenvalue weighted by molar-refractivity contribution is -0.137. The van der Waals surface area contributed by atoms with E-state index in [1.165, 1.54) is 19.1 Å². The molecule has 0 unspecified atom stereocenters. The van der Waals surface area contributed by atoms with Gasteiger partial charge in [-0.05, 0) is 43.7 Å². The van der Waals surface area contributed by atoms with Crippen LogP contribution in [0.5, 0.6) is 17.2 Å². The van der Waals surface area contributed by atoms with E-state index in [0.29, 0.717) is 28.5 Å². The van der Waals surface area contributed by atoms with Crippen molar-refractivity contribution < 1.29 is 28.5 Å². The molecule has 0 aliphatic carbocycles. The van der Waals surface area contributed by atoms with Crippen molar-refractivity contribution in [1.82, 2.24) is 4.90 Å². The first-order valence-electron chi connectivity index (χ1n) is 10.2. The number of anilines is 1. The van der Waals surface area contributed by atoms with Crippen LogP contribution in [0.25, 0.3) is 5.57 Å². The lowest BCUT2D eigenvalue weighted by Gasteiger charge is -2.15. The topological polar surface area (TPSA) is 86.3 Å². The third kappa shape index (κ3) is 4.86. The van der Waals surface area contributed by atoms with Crippen LogP contribution < -0.4 is 19.5 Å². The zero-order valence-corrected chi connectivity index (χ0v) is 18.9. The molecule has 0 fully saturated rings. The van der Waals surface area contributed by atoms with Gasteiger partial charge in [-0.1, -0.05) is 12.1 Å². The summed E-state index contributed by atoms with van der Waals surface area (Å²) in [5.41, 5.74) is 1.54. The third-order valence-electron chi connectivity index (χ3n) is 4.87. The highest BCUT2D eigenvalue weighted by Crippen LogP contribution is 2.35. The molecule has 32 heavy (non-hydrogen) atoms. The molecule has 0 atom stereocenters. The van der Waals surface area contributed by atoms with Gasteiger partial charge in [0, 0.05) is 13.2 Å². The summed E-state index contributed by atoms with van der Waals surface area (Å²) >= 11 is 0. The number of benzene rings is 2. The van der Waals surface area contributed by atoms with E-state index in [0.717, 1.165) is 0 Å². The van der Waals surface area contributed by atoms with Crippen LogP contribution in [0.4, 0.5) is 5.69 Å². The molecule has 2 aromatic rings. The molecule has 0 bridgehead atoms. The van der Waals surface area contributed by atoms with Gasteiger partial charge in [-0.3, -0.25) is 14.5 Å². The molecule has 1 aliphatic rings. The van der Waals surface area contributed by atoms with Crippen molar-refractivity contribution in [3.63, 3.8) is 0 Å². The summed E-state index contributed by atoms with van der Waals surface area (Å²) < 4.78 is 21.5. The van der Waals surface area contributed by atoms with Crippen LogP contribution in [0, 0.1) is 0 Å². The zero-order valence-electron chi connectivity index (χ0n) is 18.9. The molecule has 3 rings (SSSR count). The fourth-order valence-electron chi connectivity index (χ4n) is 3.36. The van der Waals surface area contributed by atoms with Gasteiger partial charge in [0.1, 0.15) is 22.9 Å². The molecule has 8 nitrogen and oxygen atoms in total. The summed E-state index contributed by atoms with van der Waals surface area (Å²) in [4.78, 5) is 27.6. The Hall–Kier alpha value is -3.52. The molecule has 0 spiro atoms. The molecular formula is C24H28N2O6. The molecule has 1 aliphatic heterocycles. The summed E-state index contributed by atoms with van der Waals surface area (Å²) in [5, 5.41) is 3.11. The predicted molar refractivity (Wildman–Crippen MR) is 121 cm³/mol. The fourth-order valence-corrected chi connectivity index (χ4v) is 3.36. The monoisotopic (exact) mass is 440 g/mol. The number of nitrogens with one attached hydrogen (secondary N) is 1. The minimum atomic E-state index is -0.436. The van der Waals surface area contributed by atoms with Gasteiger partial charge >= 0.3 is 0 Å². The smallest absolute Gasteiger partial charge is 0.278 e. The molecule has 0 radical (unpaired) electrons. The highest BCUT2D eigenvalue weighted by atomic mass is 16.5. The Morgan fingerprint density at radius 1 is 0.906 bits per heavy atom. The van der Waals surface area contributed by atoms with E-state index in [9.17, 15) is 9.59 Å². The first-order valence-corrected chi connectivity index (χ1v) is 10.2. The average Bonchev–Trinajstić information content (AvgIpc) is 3.01. The van der Waals surface area contributed by atoms with Crippen molar-refractivity contribution in [2.24, 2.45) is 0 Å². The first kappa shape index (κ1) is 23.1. The van der Waals surface area contributed by atoms with Crippen LogP contribution >= 0.6 is 0 Å². The summed E-state index contributed by atoms with van der Waals surface area (Å²) in [6.07, 6.45) is 0.0250. The first-order chi connectivity index (χ1) is 15.4. The molecule has 2 aromatic carbocycles. The number of nitrogens with zero attached hydrogens (tertiary/aromatic N) is 1. The molecule has 0 saturated heterocycles. The van der Waals surface area contributed by atoms with Crippen LogP contribution in [0.2, 0.25) is 0 Å². The Bertz CT molecular complexity index is 1010. The van der Waals surface area contributed by atoms with E-state index in [2.05, 4.69) is 5.32 Å². The van der Waals surface area contributed by atoms with Gasteiger partial charge in [-0.15, -0.1) is 0 Å². The lowest BCUT2D eigenvalue weighted by Crippen LogP contribution is -2.35. The quantitative estimate of drug-likeness (QED) is 0.567. The van der Waals surface area contributed by atoms with Gasteiger partial charge in [0.2, 0.25) is 0 Å². The number of rotatable bonds is 10. The summed E-state index contributed by atoms with van der Waals surface area (Å²) in [6, 6.07) is 12.3. The lowest BCUT2D eigenvalue weighted by atomic mass is 10.0. The van der Waals surface area contributed by atoms with E-state index in [1.54, 1.807) is 49.6 Å². The van der Waals surface area contributed by atoms with Crippen molar-refractivity contribution in [3.8, 4) is 17.2 Å². The zero-order chi connectivity index (χ0) is 23.3. The number of carbonyl (C=O) groups excluding carboxylic acids is 2. The Labute approximate surface area is 187 Å². The van der Waals surface area contributed by atoms with Gasteiger partial charge in [0.15, 0.2) is 0 Å². The summed E-state index contributed by atoms with van der Waals surface area (Å²) in [7, 11) is 4.60. The van der Waals surface area contributed by atoms with Crippen LogP contribution in [0.15, 0.2) is 48.2 Å². The van der Waals surface area contributed by atoms with E-state index < -0.39 is 11.8 Å². The summed E-state index contributed by atoms with van der Waals surface area (Å²) in [6.45, 7) is 4.26. The van der Waals surface area contributed by atoms with Gasteiger partial charge < -0.3 is 24.3 Å². The fraction of sp³-hybridized carbons (Fsp3) is 0.333. The van der Waals surface area contributed by atoms with Crippen molar-refractivity contribution in [2.75, 3.05) is 39.8 Å². The molecule has 1 heterocycles. The molecular weight excluding hydrogens is 412 g/mol. The molecule has 0 saturated carbocycles. The normalized spacial score (nSPS) is 13.8. The standard InChI is InChI=1S/C24H28N2O6/c1-15(2)32-17-8-6-16(7-9-17)21-22(24(28)26(23(21)27)12-13-29-3)25-19-14-18(30-4)10-11-20(19)31-5/h6-11,14-15,25H,12-13H2,1-5H3. The predicted octanol–water partition coefficient (Wildman–Crippen LogP) is 3.33. The number of ether oxygens (including phenoxy) is 4. The van der Waals surface area contributed by atoms with Crippen molar-refractivity contribution in [1.29, 1.82) is 0 Å². The maximum atomic E-state index is 13.2. The number of carbonyl (C=O) groups is 2. The number of hydrogen-bond donors (Lipinski definition) is 1. The van der Waals surface area contributed by atoms with Crippen LogP contribution in [0.1, 0.15) is 19.4 Å². The minimum absolute atomic E-state index is 0.0250. The molecule has 1 N–H and O–H groups in total. The van der Waals surface area contributed by atoms with Gasteiger partial charge in [-0.25, -0.2) is 0 Å². The van der Waals surface area contributed by atoms with E-state index in [-0.39, 0.29) is 30.5 Å². The molecule has 0 aromatic heterocycles. The largest absolute Gasteiger partial charge is 0.497 e. The van der Waals surface area contributed by atoms with E-state index in [4.69, 9.17) is 18.9 Å². The maximum Gasteiger partial charge on any atom is 0.278 e.